The number of hydrogen-bond donors (Lipinski definition) is 1. The van der Waals surface area contributed by atoms with Gasteiger partial charge in [-0.1, -0.05) is 24.4 Å². The van der Waals surface area contributed by atoms with E-state index in [1.165, 1.54) is 24.3 Å². The van der Waals surface area contributed by atoms with Crippen LogP contribution < -0.4 is 5.73 Å². The molecule has 0 aliphatic rings. The number of benzene rings is 1. The Hall–Kier alpha value is -2.09. The van der Waals surface area contributed by atoms with E-state index in [-0.39, 0.29) is 22.8 Å². The van der Waals surface area contributed by atoms with Crippen LogP contribution in [0.3, 0.4) is 0 Å². The van der Waals surface area contributed by atoms with Crippen molar-refractivity contribution in [1.29, 1.82) is 5.26 Å². The molecule has 8 nitrogen and oxygen atoms in total. The highest BCUT2D eigenvalue weighted by Crippen LogP contribution is 2.17. The molecule has 0 spiro atoms. The average molecular weight is 328 g/mol. The predicted octanol–water partition coefficient (Wildman–Crippen LogP) is 0.536. The highest BCUT2D eigenvalue weighted by molar-refractivity contribution is 7.88. The van der Waals surface area contributed by atoms with Crippen LogP contribution in [0.1, 0.15) is 5.56 Å². The van der Waals surface area contributed by atoms with Crippen LogP contribution >= 0.6 is 12.2 Å². The van der Waals surface area contributed by atoms with Gasteiger partial charge < -0.3 is 5.73 Å². The summed E-state index contributed by atoms with van der Waals surface area (Å²) in [5, 5.41) is 19.3. The summed E-state index contributed by atoms with van der Waals surface area (Å²) in [5.74, 6) is -0.473. The summed E-state index contributed by atoms with van der Waals surface area (Å²) in [6, 6.07) is 7.00. The van der Waals surface area contributed by atoms with Crippen LogP contribution in [0.4, 0.5) is 5.69 Å². The fourth-order valence-electron chi connectivity index (χ4n) is 1.57. The Bertz CT molecular complexity index is 696. The fraction of sp³-hybridized carbons (Fsp3) is 0.273. The van der Waals surface area contributed by atoms with Crippen molar-refractivity contribution in [2.24, 2.45) is 5.73 Å². The van der Waals surface area contributed by atoms with Gasteiger partial charge in [0.15, 0.2) is 0 Å². The second-order valence-corrected chi connectivity index (χ2v) is 6.57. The lowest BCUT2D eigenvalue weighted by molar-refractivity contribution is -0.384. The first-order valence-corrected chi connectivity index (χ1v) is 7.64. The molecule has 0 amide bonds. The zero-order chi connectivity index (χ0) is 16.0. The molecule has 1 aromatic carbocycles. The first-order valence-electron chi connectivity index (χ1n) is 5.62. The molecule has 0 radical (unpaired) electrons. The molecule has 0 heterocycles. The van der Waals surface area contributed by atoms with Crippen LogP contribution in [0.15, 0.2) is 24.3 Å². The third-order valence-corrected chi connectivity index (χ3v) is 4.32. The van der Waals surface area contributed by atoms with E-state index in [1.54, 1.807) is 6.07 Å². The molecule has 21 heavy (non-hydrogen) atoms. The van der Waals surface area contributed by atoms with Gasteiger partial charge >= 0.3 is 0 Å². The lowest BCUT2D eigenvalue weighted by Gasteiger charge is -2.18. The van der Waals surface area contributed by atoms with Gasteiger partial charge in [-0.25, -0.2) is 8.42 Å². The van der Waals surface area contributed by atoms with Crippen molar-refractivity contribution in [3.63, 3.8) is 0 Å². The minimum atomic E-state index is -3.85. The van der Waals surface area contributed by atoms with Crippen molar-refractivity contribution in [2.45, 2.75) is 5.75 Å². The van der Waals surface area contributed by atoms with Crippen molar-refractivity contribution in [3.8, 4) is 6.07 Å². The summed E-state index contributed by atoms with van der Waals surface area (Å²) >= 11 is 4.65. The molecule has 0 atom stereocenters. The van der Waals surface area contributed by atoms with Crippen LogP contribution in [-0.4, -0.2) is 35.7 Å². The normalized spacial score (nSPS) is 11.0. The third-order valence-electron chi connectivity index (χ3n) is 2.44. The Kier molecular flexibility index (Phi) is 5.71. The molecule has 0 aliphatic carbocycles. The molecule has 1 aromatic rings. The maximum Gasteiger partial charge on any atom is 0.269 e. The smallest absolute Gasteiger partial charge is 0.269 e. The van der Waals surface area contributed by atoms with Gasteiger partial charge in [0.1, 0.15) is 6.54 Å². The molecule has 1 rings (SSSR count). The minimum Gasteiger partial charge on any atom is -0.392 e. The Labute approximate surface area is 127 Å². The summed E-state index contributed by atoms with van der Waals surface area (Å²) < 4.78 is 25.2. The number of nitrogens with two attached hydrogens (primary N) is 1. The topological polar surface area (TPSA) is 130 Å². The second kappa shape index (κ2) is 7.07. The number of nitro benzene ring substituents is 1. The molecule has 0 fully saturated rings. The number of nitriles is 1. The third kappa shape index (κ3) is 5.07. The fourth-order valence-corrected chi connectivity index (χ4v) is 3.18. The Morgan fingerprint density at radius 2 is 2.19 bits per heavy atom. The van der Waals surface area contributed by atoms with Crippen LogP contribution in [0.5, 0.6) is 0 Å². The molecule has 10 heteroatoms. The van der Waals surface area contributed by atoms with E-state index in [4.69, 9.17) is 11.0 Å². The number of hydrogen-bond acceptors (Lipinski definition) is 6. The standard InChI is InChI=1S/C11H12N4O4S2/c12-4-5-14(7-11(13)20)21(18,19)8-9-2-1-3-10(6-9)15(16)17/h1-3,6H,5,7-8H2,(H2,13,20). The first-order chi connectivity index (χ1) is 9.76. The zero-order valence-electron chi connectivity index (χ0n) is 10.8. The molecule has 0 aliphatic heterocycles. The van der Waals surface area contributed by atoms with Gasteiger partial charge in [0.25, 0.3) is 5.69 Å². The maximum absolute atomic E-state index is 12.2. The van der Waals surface area contributed by atoms with E-state index >= 15 is 0 Å². The molecule has 0 aromatic heterocycles. The van der Waals surface area contributed by atoms with Gasteiger partial charge in [-0.2, -0.15) is 9.57 Å². The quantitative estimate of drug-likeness (QED) is 0.334. The number of rotatable bonds is 7. The van der Waals surface area contributed by atoms with E-state index in [0.29, 0.717) is 0 Å². The second-order valence-electron chi connectivity index (χ2n) is 4.08. The van der Waals surface area contributed by atoms with Crippen LogP contribution in [-0.2, 0) is 15.8 Å². The van der Waals surface area contributed by atoms with E-state index in [1.807, 2.05) is 0 Å². The number of non-ortho nitro benzene ring substituents is 1. The van der Waals surface area contributed by atoms with Gasteiger partial charge in [0, 0.05) is 12.1 Å². The lowest BCUT2D eigenvalue weighted by atomic mass is 10.2. The van der Waals surface area contributed by atoms with Crippen molar-refractivity contribution in [3.05, 3.63) is 39.9 Å². The van der Waals surface area contributed by atoms with Crippen molar-refractivity contribution in [1.82, 2.24) is 4.31 Å². The van der Waals surface area contributed by atoms with Gasteiger partial charge in [0.05, 0.1) is 28.3 Å². The van der Waals surface area contributed by atoms with E-state index in [2.05, 4.69) is 12.2 Å². The Balaban J connectivity index is 3.02. The molecule has 112 valence electrons. The van der Waals surface area contributed by atoms with Crippen LogP contribution in [0.2, 0.25) is 0 Å². The van der Waals surface area contributed by atoms with Gasteiger partial charge in [0.2, 0.25) is 10.0 Å². The molecule has 0 bridgehead atoms. The molecule has 0 saturated carbocycles. The van der Waals surface area contributed by atoms with E-state index in [9.17, 15) is 18.5 Å². The highest BCUT2D eigenvalue weighted by Gasteiger charge is 2.23. The summed E-state index contributed by atoms with van der Waals surface area (Å²) in [6.07, 6.45) is 0. The molecule has 2 N–H and O–H groups in total. The zero-order valence-corrected chi connectivity index (χ0v) is 12.4. The molecule has 0 unspecified atom stereocenters. The Morgan fingerprint density at radius 1 is 1.52 bits per heavy atom. The van der Waals surface area contributed by atoms with Crippen molar-refractivity contribution in [2.75, 3.05) is 13.1 Å². The average Bonchev–Trinajstić information content (AvgIpc) is 2.37. The molecule has 0 saturated heterocycles. The van der Waals surface area contributed by atoms with Crippen molar-refractivity contribution >= 4 is 32.9 Å². The van der Waals surface area contributed by atoms with E-state index in [0.717, 1.165) is 4.31 Å². The monoisotopic (exact) mass is 328 g/mol. The number of thiocarbonyl (C=S) groups is 1. The maximum atomic E-state index is 12.2. The number of sulfonamides is 1. The van der Waals surface area contributed by atoms with Gasteiger partial charge in [-0.3, -0.25) is 10.1 Å². The molecular formula is C11H12N4O4S2. The first kappa shape index (κ1) is 17.0. The minimum absolute atomic E-state index is 0.0622. The van der Waals surface area contributed by atoms with Crippen molar-refractivity contribution < 1.29 is 13.3 Å². The highest BCUT2D eigenvalue weighted by atomic mass is 32.2. The summed E-state index contributed by atoms with van der Waals surface area (Å²) in [7, 11) is -3.85. The SMILES string of the molecule is N#CCN(CC(N)=S)S(=O)(=O)Cc1cccc([N+](=O)[O-])c1. The number of nitro groups is 1. The predicted molar refractivity (Wildman–Crippen MR) is 79.7 cm³/mol. The van der Waals surface area contributed by atoms with Gasteiger partial charge in [-0.15, -0.1) is 0 Å². The number of nitrogens with zero attached hydrogens (tertiary/aromatic N) is 3. The summed E-state index contributed by atoms with van der Waals surface area (Å²) in [5.41, 5.74) is 5.34. The largest absolute Gasteiger partial charge is 0.392 e. The summed E-state index contributed by atoms with van der Waals surface area (Å²) in [4.78, 5) is 9.99. The van der Waals surface area contributed by atoms with Crippen LogP contribution in [0.25, 0.3) is 0 Å². The summed E-state index contributed by atoms with van der Waals surface area (Å²) in [6.45, 7) is -0.644. The lowest BCUT2D eigenvalue weighted by Crippen LogP contribution is -2.38. The van der Waals surface area contributed by atoms with Gasteiger partial charge in [-0.05, 0) is 5.56 Å². The van der Waals surface area contributed by atoms with E-state index < -0.39 is 27.2 Å². The van der Waals surface area contributed by atoms with Crippen LogP contribution in [0, 0.1) is 21.4 Å². The molecular weight excluding hydrogens is 316 g/mol. The Morgan fingerprint density at radius 3 is 2.71 bits per heavy atom.